The minimum atomic E-state index is -0.224. The van der Waals surface area contributed by atoms with E-state index in [1.807, 2.05) is 12.1 Å². The number of hydrogen-bond acceptors (Lipinski definition) is 0. The van der Waals surface area contributed by atoms with E-state index in [9.17, 15) is 0 Å². The molecule has 2 aliphatic rings. The molecule has 0 radical (unpaired) electrons. The molecule has 0 spiro atoms. The lowest BCUT2D eigenvalue weighted by Gasteiger charge is -2.36. The van der Waals surface area contributed by atoms with Crippen LogP contribution in [0.3, 0.4) is 0 Å². The Kier molecular flexibility index (Phi) is 7.18. The summed E-state index contributed by atoms with van der Waals surface area (Å²) < 4.78 is 21.3. The molecule has 0 bridgehead atoms. The van der Waals surface area contributed by atoms with Gasteiger partial charge in [-0.05, 0) is 108 Å². The van der Waals surface area contributed by atoms with Crippen LogP contribution in [-0.4, -0.2) is 15.8 Å². The summed E-state index contributed by atoms with van der Waals surface area (Å²) in [6.45, 7) is 13.8. The van der Waals surface area contributed by atoms with Gasteiger partial charge in [-0.1, -0.05) is 157 Å². The predicted octanol–water partition coefficient (Wildman–Crippen LogP) is 12.8. The zero-order chi connectivity index (χ0) is 40.8. The van der Waals surface area contributed by atoms with Crippen LogP contribution in [0, 0.1) is 5.82 Å². The monoisotopic (exact) mass is 774 g/mol. The van der Waals surface area contributed by atoms with Gasteiger partial charge in [-0.25, -0.2) is 4.39 Å². The highest BCUT2D eigenvalue weighted by molar-refractivity contribution is 7.01. The number of halogens is 1. The van der Waals surface area contributed by atoms with E-state index in [1.54, 1.807) is 12.1 Å². The minimum Gasteiger partial charge on any atom is -0.310 e. The molecule has 0 unspecified atom stereocenters. The molecule has 0 fully saturated rings. The summed E-state index contributed by atoms with van der Waals surface area (Å²) in [5, 5.41) is 6.24. The van der Waals surface area contributed by atoms with Gasteiger partial charge in [0.25, 0.3) is 6.71 Å². The first-order valence-electron chi connectivity index (χ1n) is 21.2. The predicted molar refractivity (Wildman–Crippen MR) is 253 cm³/mol. The highest BCUT2D eigenvalue weighted by atomic mass is 19.1. The van der Waals surface area contributed by atoms with Crippen molar-refractivity contribution < 1.29 is 4.39 Å². The highest BCUT2D eigenvalue weighted by Crippen LogP contribution is 2.47. The first-order valence-corrected chi connectivity index (χ1v) is 21.2. The number of fused-ring (bicyclic) bond motifs is 9. The molecule has 0 amide bonds. The fourth-order valence-electron chi connectivity index (χ4n) is 10.6. The van der Waals surface area contributed by atoms with E-state index < -0.39 is 0 Å². The summed E-state index contributed by atoms with van der Waals surface area (Å²) in [5.41, 5.74) is 18.4. The maximum atomic E-state index is 16.2. The minimum absolute atomic E-state index is 0.0236. The normalized spacial score (nSPS) is 13.2. The lowest BCUT2D eigenvalue weighted by atomic mass is 9.33. The molecule has 2 nitrogen and oxygen atoms in total. The van der Waals surface area contributed by atoms with Crippen LogP contribution in [-0.2, 0) is 10.8 Å². The van der Waals surface area contributed by atoms with Gasteiger partial charge < -0.3 is 9.13 Å². The molecule has 10 aromatic rings. The van der Waals surface area contributed by atoms with Gasteiger partial charge in [-0.15, -0.1) is 0 Å². The van der Waals surface area contributed by atoms with Crippen molar-refractivity contribution in [2.45, 2.75) is 52.4 Å². The van der Waals surface area contributed by atoms with E-state index in [-0.39, 0.29) is 23.4 Å². The Morgan fingerprint density at radius 2 is 1.10 bits per heavy atom. The molecule has 8 aromatic carbocycles. The number of benzene rings is 8. The van der Waals surface area contributed by atoms with Gasteiger partial charge in [-0.2, -0.15) is 0 Å². The van der Waals surface area contributed by atoms with Crippen molar-refractivity contribution in [3.63, 3.8) is 0 Å². The molecule has 2 aliphatic heterocycles. The average Bonchev–Trinajstić information content (AvgIpc) is 3.77. The standard InChI is InChI=1S/C56H44BFN2/c1-55(2,3)37-25-26-46-41(30-37)42-31-38(56(4,5)6)32-44-53(42)59(46)47-28-36(39-22-15-16-24-45(39)58)29-48-51(47)57(44)50-40-23-14-13-21-35(40)27-43-49(33-17-9-7-10-18-33)52(60(48)54(43)50)34-19-11-8-12-20-34/h7-32H,1-6H3. The molecule has 0 atom stereocenters. The first-order chi connectivity index (χ1) is 29.0. The fourth-order valence-corrected chi connectivity index (χ4v) is 10.6. The Labute approximate surface area is 350 Å². The lowest BCUT2D eigenvalue weighted by molar-refractivity contribution is 0.590. The largest absolute Gasteiger partial charge is 0.310 e. The average molecular weight is 775 g/mol. The third-order valence-electron chi connectivity index (χ3n) is 13.4. The fraction of sp³-hybridized carbons (Fsp3) is 0.143. The van der Waals surface area contributed by atoms with Crippen LogP contribution in [0.15, 0.2) is 158 Å². The van der Waals surface area contributed by atoms with Crippen molar-refractivity contribution in [3.05, 3.63) is 175 Å². The highest BCUT2D eigenvalue weighted by Gasteiger charge is 2.44. The van der Waals surface area contributed by atoms with Gasteiger partial charge in [0.2, 0.25) is 0 Å². The van der Waals surface area contributed by atoms with E-state index in [0.717, 1.165) is 28.2 Å². The molecule has 12 rings (SSSR count). The molecule has 2 aromatic heterocycles. The molecular weight excluding hydrogens is 730 g/mol. The maximum absolute atomic E-state index is 16.2. The summed E-state index contributed by atoms with van der Waals surface area (Å²) in [5.74, 6) is -0.224. The van der Waals surface area contributed by atoms with Crippen molar-refractivity contribution in [2.24, 2.45) is 0 Å². The second-order valence-electron chi connectivity index (χ2n) is 19.1. The zero-order valence-electron chi connectivity index (χ0n) is 34.9. The van der Waals surface area contributed by atoms with Crippen molar-refractivity contribution in [1.29, 1.82) is 0 Å². The molecule has 4 heterocycles. The summed E-state index contributed by atoms with van der Waals surface area (Å²) in [7, 11) is 0. The molecule has 0 saturated heterocycles. The van der Waals surface area contributed by atoms with E-state index in [4.69, 9.17) is 0 Å². The van der Waals surface area contributed by atoms with Gasteiger partial charge >= 0.3 is 0 Å². The Bertz CT molecular complexity index is 3450. The smallest absolute Gasteiger partial charge is 0.253 e. The third-order valence-corrected chi connectivity index (χ3v) is 13.4. The van der Waals surface area contributed by atoms with Crippen LogP contribution >= 0.6 is 0 Å². The quantitative estimate of drug-likeness (QED) is 0.158. The second-order valence-corrected chi connectivity index (χ2v) is 19.1. The molecule has 4 heteroatoms. The van der Waals surface area contributed by atoms with Gasteiger partial charge in [0.1, 0.15) is 5.82 Å². The Hall–Kier alpha value is -6.65. The van der Waals surface area contributed by atoms with Crippen LogP contribution < -0.4 is 16.4 Å². The molecule has 0 aliphatic carbocycles. The van der Waals surface area contributed by atoms with Crippen molar-refractivity contribution in [3.8, 4) is 44.9 Å². The Morgan fingerprint density at radius 3 is 1.82 bits per heavy atom. The second kappa shape index (κ2) is 12.2. The molecule has 288 valence electrons. The van der Waals surface area contributed by atoms with Crippen molar-refractivity contribution >= 4 is 66.6 Å². The van der Waals surface area contributed by atoms with Crippen LogP contribution in [0.2, 0.25) is 0 Å². The lowest BCUT2D eigenvalue weighted by Crippen LogP contribution is -2.60. The Morgan fingerprint density at radius 1 is 0.467 bits per heavy atom. The Balaban J connectivity index is 1.36. The van der Waals surface area contributed by atoms with Crippen LogP contribution in [0.5, 0.6) is 0 Å². The SMILES string of the molecule is CC(C)(C)c1ccc2c(c1)c1cc(C(C)(C)C)cc3c1n2-c1cc(-c2ccccc2F)cc2c1B3c1c3ccccc3cc3c(-c4ccccc4)c(-c4ccccc4)n-2c13. The van der Waals surface area contributed by atoms with Crippen LogP contribution in [0.1, 0.15) is 52.7 Å². The van der Waals surface area contributed by atoms with Crippen LogP contribution in [0.4, 0.5) is 4.39 Å². The molecular formula is C56H44BFN2. The summed E-state index contributed by atoms with van der Waals surface area (Å²) in [4.78, 5) is 0. The summed E-state index contributed by atoms with van der Waals surface area (Å²) in [6, 6.07) is 57.0. The summed E-state index contributed by atoms with van der Waals surface area (Å²) in [6.07, 6.45) is 0. The van der Waals surface area contributed by atoms with Crippen molar-refractivity contribution in [1.82, 2.24) is 9.13 Å². The van der Waals surface area contributed by atoms with E-state index in [2.05, 4.69) is 184 Å². The topological polar surface area (TPSA) is 9.86 Å². The number of nitrogens with zero attached hydrogens (tertiary/aromatic N) is 2. The van der Waals surface area contributed by atoms with Crippen molar-refractivity contribution in [2.75, 3.05) is 0 Å². The first kappa shape index (κ1) is 35.3. The van der Waals surface area contributed by atoms with Gasteiger partial charge in [0, 0.05) is 44.2 Å². The van der Waals surface area contributed by atoms with Crippen LogP contribution in [0.25, 0.3) is 88.4 Å². The van der Waals surface area contributed by atoms with Gasteiger partial charge in [0.05, 0.1) is 16.7 Å². The molecule has 0 N–H and O–H groups in total. The van der Waals surface area contributed by atoms with Gasteiger partial charge in [-0.3, -0.25) is 0 Å². The number of hydrogen-bond donors (Lipinski definition) is 0. The van der Waals surface area contributed by atoms with E-state index in [0.29, 0.717) is 5.56 Å². The summed E-state index contributed by atoms with van der Waals surface area (Å²) >= 11 is 0. The number of rotatable bonds is 3. The molecule has 60 heavy (non-hydrogen) atoms. The van der Waals surface area contributed by atoms with E-state index in [1.165, 1.54) is 82.1 Å². The van der Waals surface area contributed by atoms with E-state index >= 15 is 4.39 Å². The maximum Gasteiger partial charge on any atom is 0.253 e. The zero-order valence-corrected chi connectivity index (χ0v) is 34.9. The number of aromatic nitrogens is 2. The molecule has 0 saturated carbocycles. The third kappa shape index (κ3) is 4.82. The van der Waals surface area contributed by atoms with Gasteiger partial charge in [0.15, 0.2) is 0 Å².